The van der Waals surface area contributed by atoms with Crippen molar-refractivity contribution in [1.82, 2.24) is 5.10 Å². The van der Waals surface area contributed by atoms with Crippen molar-refractivity contribution in [1.29, 1.82) is 0 Å². The molecular weight excluding hydrogens is 464 g/mol. The van der Waals surface area contributed by atoms with Gasteiger partial charge in [0.05, 0.1) is 0 Å². The van der Waals surface area contributed by atoms with Crippen LogP contribution in [0.1, 0.15) is 0 Å². The van der Waals surface area contributed by atoms with Crippen LogP contribution in [-0.4, -0.2) is 14.5 Å². The average molecular weight is 476 g/mol. The van der Waals surface area contributed by atoms with Crippen molar-refractivity contribution in [3.8, 4) is 16.3 Å². The Bertz CT molecular complexity index is 1000. The van der Waals surface area contributed by atoms with E-state index in [9.17, 15) is 0 Å². The molecule has 0 aliphatic heterocycles. The first-order chi connectivity index (χ1) is 12.4. The first-order valence-electron chi connectivity index (χ1n) is 7.58. The lowest BCUT2D eigenvalue weighted by Crippen LogP contribution is -2.27. The molecule has 0 saturated carbocycles. The third kappa shape index (κ3) is 6.06. The van der Waals surface area contributed by atoms with E-state index >= 15 is 0 Å². The fourth-order valence-electron chi connectivity index (χ4n) is 2.30. The molecule has 4 aromatic rings. The summed E-state index contributed by atoms with van der Waals surface area (Å²) in [5.41, 5.74) is 2.31. The molecule has 0 spiro atoms. The minimum absolute atomic E-state index is 1.08. The predicted octanol–water partition coefficient (Wildman–Crippen LogP) is 7.20. The fourth-order valence-corrected chi connectivity index (χ4v) is 4.50. The van der Waals surface area contributed by atoms with Crippen molar-refractivity contribution >= 4 is 78.8 Å². The molecule has 3 aromatic carbocycles. The van der Waals surface area contributed by atoms with Crippen LogP contribution in [0.25, 0.3) is 27.0 Å². The number of nitrogens with zero attached hydrogens (tertiary/aromatic N) is 2. The smallest absolute Gasteiger partial charge is 0.391 e. The Morgan fingerprint density at radius 3 is 2.12 bits per heavy atom. The molecule has 0 N–H and O–H groups in total. The summed E-state index contributed by atoms with van der Waals surface area (Å²) >= 11 is 0. The van der Waals surface area contributed by atoms with Crippen LogP contribution in [0.5, 0.6) is 0 Å². The molecule has 0 bridgehead atoms. The van der Waals surface area contributed by atoms with E-state index in [0.717, 1.165) is 18.2 Å². The van der Waals surface area contributed by atoms with Crippen LogP contribution >= 0.6 is 58.7 Å². The van der Waals surface area contributed by atoms with Crippen molar-refractivity contribution in [2.45, 2.75) is 0 Å². The van der Waals surface area contributed by atoms with Crippen molar-refractivity contribution in [3.05, 3.63) is 72.8 Å². The number of halogens is 4. The maximum absolute atomic E-state index is 4.99. The molecule has 26 heavy (non-hydrogen) atoms. The van der Waals surface area contributed by atoms with Gasteiger partial charge in [0, 0.05) is 22.8 Å². The van der Waals surface area contributed by atoms with E-state index in [4.69, 9.17) is 45.3 Å². The molecule has 0 radical (unpaired) electrons. The number of rotatable bonds is 2. The lowest BCUT2D eigenvalue weighted by atomic mass is 10.1. The van der Waals surface area contributed by atoms with Crippen LogP contribution in [0.15, 0.2) is 72.8 Å². The van der Waals surface area contributed by atoms with E-state index in [-0.39, 0.29) is 0 Å². The molecule has 4 rings (SSSR count). The zero-order valence-corrected chi connectivity index (χ0v) is 19.2. The van der Waals surface area contributed by atoms with Gasteiger partial charge in [-0.1, -0.05) is 54.6 Å². The topological polar surface area (TPSA) is 16.8 Å². The molecule has 132 valence electrons. The van der Waals surface area contributed by atoms with Gasteiger partial charge in [-0.05, 0) is 32.2 Å². The molecule has 0 saturated heterocycles. The van der Waals surface area contributed by atoms with E-state index in [0.29, 0.717) is 0 Å². The number of hydrogen-bond acceptors (Lipinski definition) is 2. The molecule has 0 fully saturated rings. The van der Waals surface area contributed by atoms with Crippen LogP contribution in [-0.2, 0) is 0 Å². The average Bonchev–Trinajstić information content (AvgIpc) is 3.11. The van der Waals surface area contributed by atoms with Crippen LogP contribution in [0.3, 0.4) is 0 Å². The lowest BCUT2D eigenvalue weighted by molar-refractivity contribution is -0.584. The maximum Gasteiger partial charge on any atom is 0.564 e. The summed E-state index contributed by atoms with van der Waals surface area (Å²) in [7, 11) is 19.9. The molecular formula is C17H12AlCl4N2PS. The Hall–Kier alpha value is -0.398. The van der Waals surface area contributed by atoms with E-state index in [2.05, 4.69) is 54.6 Å². The third-order valence-electron chi connectivity index (χ3n) is 3.37. The molecule has 0 aliphatic rings. The second-order valence-electron chi connectivity index (χ2n) is 5.26. The molecule has 0 atom stereocenters. The predicted molar refractivity (Wildman–Crippen MR) is 118 cm³/mol. The summed E-state index contributed by atoms with van der Waals surface area (Å²) in [6.07, 6.45) is 0. The molecule has 9 heteroatoms. The minimum atomic E-state index is -2.94. The van der Waals surface area contributed by atoms with Crippen molar-refractivity contribution < 1.29 is 4.44 Å². The normalized spacial score (nSPS) is 11.4. The Balaban J connectivity index is 0.000000349. The second-order valence-corrected chi connectivity index (χ2v) is 20.3. The molecule has 1 heterocycles. The van der Waals surface area contributed by atoms with E-state index in [1.54, 1.807) is 10.9 Å². The minimum Gasteiger partial charge on any atom is -0.391 e. The standard InChI is InChI=1S/C17H12N2PS.Al.4ClH/c1-2-8-16(9-3-1)19-18-17(21-20-19)15-11-10-13-6-4-5-7-14(13)12-15;;;;;/h1-12H;;4*1H/q+1;+3;;;;/p-4. The summed E-state index contributed by atoms with van der Waals surface area (Å²) in [6, 6.07) is 25.2. The van der Waals surface area contributed by atoms with Gasteiger partial charge in [-0.3, -0.25) is 0 Å². The Morgan fingerprint density at radius 2 is 1.42 bits per heavy atom. The first-order valence-corrected chi connectivity index (χ1v) is 16.8. The van der Waals surface area contributed by atoms with Crippen molar-refractivity contribution in [3.63, 3.8) is 0 Å². The lowest BCUT2D eigenvalue weighted by Gasteiger charge is -1.98. The fraction of sp³-hybridized carbons (Fsp3) is 0. The summed E-state index contributed by atoms with van der Waals surface area (Å²) in [6.45, 7) is 0. The van der Waals surface area contributed by atoms with Gasteiger partial charge in [-0.2, -0.15) is 0 Å². The molecule has 0 amide bonds. The van der Waals surface area contributed by atoms with Crippen molar-refractivity contribution in [2.24, 2.45) is 0 Å². The van der Waals surface area contributed by atoms with E-state index in [1.807, 2.05) is 22.6 Å². The molecule has 0 aliphatic carbocycles. The largest absolute Gasteiger partial charge is 0.564 e. The van der Waals surface area contributed by atoms with Gasteiger partial charge in [0.15, 0.2) is 0 Å². The molecule has 0 unspecified atom stereocenters. The quantitative estimate of drug-likeness (QED) is 0.280. The zero-order valence-electron chi connectivity index (χ0n) is 13.3. The number of para-hydroxylation sites is 1. The third-order valence-corrected chi connectivity index (χ3v) is 5.65. The highest BCUT2D eigenvalue weighted by Crippen LogP contribution is 2.28. The summed E-state index contributed by atoms with van der Waals surface area (Å²) in [5, 5.41) is 8.33. The number of hydrogen-bond donors (Lipinski definition) is 0. The van der Waals surface area contributed by atoms with Gasteiger partial charge in [0.2, 0.25) is 10.7 Å². The first kappa shape index (κ1) is 20.3. The van der Waals surface area contributed by atoms with Gasteiger partial charge in [-0.25, -0.2) is 0 Å². The van der Waals surface area contributed by atoms with E-state index in [1.165, 1.54) is 16.3 Å². The van der Waals surface area contributed by atoms with Crippen LogP contribution < -0.4 is 4.44 Å². The number of fused-ring (bicyclic) bond motifs is 1. The zero-order chi connectivity index (χ0) is 18.6. The Morgan fingerprint density at radius 1 is 0.808 bits per heavy atom. The van der Waals surface area contributed by atoms with Gasteiger partial charge in [0.25, 0.3) is 0 Å². The number of aromatic nitrogens is 2. The van der Waals surface area contributed by atoms with E-state index < -0.39 is 9.39 Å². The molecule has 1 aromatic heterocycles. The summed E-state index contributed by atoms with van der Waals surface area (Å²) in [4.78, 5) is 0. The van der Waals surface area contributed by atoms with Gasteiger partial charge < -0.3 is 40.2 Å². The van der Waals surface area contributed by atoms with Crippen LogP contribution in [0, 0.1) is 0 Å². The van der Waals surface area contributed by atoms with Crippen molar-refractivity contribution in [2.75, 3.05) is 0 Å². The Kier molecular flexibility index (Phi) is 7.20. The van der Waals surface area contributed by atoms with Gasteiger partial charge >= 0.3 is 16.9 Å². The summed E-state index contributed by atoms with van der Waals surface area (Å²) < 4.78 is 2.02. The van der Waals surface area contributed by atoms with Crippen LogP contribution in [0.4, 0.5) is 0 Å². The Labute approximate surface area is 176 Å². The van der Waals surface area contributed by atoms with Gasteiger partial charge in [-0.15, -0.1) is 0 Å². The highest BCUT2D eigenvalue weighted by atomic mass is 35.9. The highest BCUT2D eigenvalue weighted by Gasteiger charge is 2.15. The second kappa shape index (κ2) is 9.20. The maximum atomic E-state index is 4.99. The monoisotopic (exact) mass is 474 g/mol. The number of benzene rings is 3. The molecule has 2 nitrogen and oxygen atoms in total. The summed E-state index contributed by atoms with van der Waals surface area (Å²) in [5.74, 6) is 0. The van der Waals surface area contributed by atoms with Gasteiger partial charge in [0.1, 0.15) is 0 Å². The SMILES string of the molecule is [Cl][Al-]([Cl])([Cl])[Cl].c1ccc(-[n+]2nc(-c3ccc4ccccc4c3)sp2)cc1. The van der Waals surface area contributed by atoms with Crippen LogP contribution in [0.2, 0.25) is 0 Å². The highest BCUT2D eigenvalue weighted by molar-refractivity contribution is 7.81.